The maximum Gasteiger partial charge on any atom is 0.138 e. The third-order valence-electron chi connectivity index (χ3n) is 9.30. The van der Waals surface area contributed by atoms with Crippen molar-refractivity contribution in [3.05, 3.63) is 55.1 Å². The molecule has 0 fully saturated rings. The second-order valence-corrected chi connectivity index (χ2v) is 25.7. The fourth-order valence-electron chi connectivity index (χ4n) is 5.92. The molecule has 0 amide bonds. The van der Waals surface area contributed by atoms with E-state index in [1.807, 2.05) is 0 Å². The van der Waals surface area contributed by atoms with Crippen LogP contribution in [0.4, 0.5) is 0 Å². The first kappa shape index (κ1) is 30.1. The van der Waals surface area contributed by atoms with Crippen LogP contribution in [-0.2, 0) is 0 Å². The lowest BCUT2D eigenvalue weighted by Crippen LogP contribution is -2.29. The van der Waals surface area contributed by atoms with Crippen molar-refractivity contribution in [1.29, 1.82) is 0 Å². The van der Waals surface area contributed by atoms with Crippen molar-refractivity contribution < 1.29 is 0 Å². The molecule has 5 aromatic rings. The van der Waals surface area contributed by atoms with Gasteiger partial charge in [-0.2, -0.15) is 0 Å². The molecule has 0 aliphatic rings. The SMILES string of the molecule is CC[Si](C#Cc1c2cc3cc(Br)sc3cc2c(C#C[Si](CC)(CC)CC)c2cc3sc(Br)cc3cc12)(CC)CC. The van der Waals surface area contributed by atoms with Gasteiger partial charge in [0.15, 0.2) is 0 Å². The first-order chi connectivity index (χ1) is 19.2. The van der Waals surface area contributed by atoms with Crippen LogP contribution in [0.5, 0.6) is 0 Å². The number of rotatable bonds is 6. The minimum absolute atomic E-state index is 1.16. The van der Waals surface area contributed by atoms with E-state index in [1.165, 1.54) is 89.1 Å². The third-order valence-corrected chi connectivity index (χ3v) is 21.9. The van der Waals surface area contributed by atoms with Crippen molar-refractivity contribution in [2.24, 2.45) is 0 Å². The predicted molar refractivity (Wildman–Crippen MR) is 196 cm³/mol. The first-order valence-corrected chi connectivity index (χ1v) is 23.0. The summed E-state index contributed by atoms with van der Waals surface area (Å²) in [5.41, 5.74) is 10.2. The van der Waals surface area contributed by atoms with Crippen LogP contribution in [0.2, 0.25) is 36.3 Å². The van der Waals surface area contributed by atoms with Gasteiger partial charge in [0.05, 0.1) is 7.57 Å². The molecular weight excluding hydrogens is 688 g/mol. The Hall–Kier alpha value is -1.39. The van der Waals surface area contributed by atoms with E-state index in [1.54, 1.807) is 22.7 Å². The fraction of sp³-hybridized carbons (Fsp3) is 0.353. The number of thiophene rings is 2. The van der Waals surface area contributed by atoms with Crippen LogP contribution in [0, 0.1) is 22.9 Å². The molecule has 5 rings (SSSR count). The normalized spacial score (nSPS) is 12.2. The maximum absolute atomic E-state index is 3.94. The summed E-state index contributed by atoms with van der Waals surface area (Å²) >= 11 is 11.1. The monoisotopic (exact) mass is 722 g/mol. The first-order valence-electron chi connectivity index (χ1n) is 14.5. The number of benzene rings is 3. The van der Waals surface area contributed by atoms with Crippen molar-refractivity contribution in [3.63, 3.8) is 0 Å². The van der Waals surface area contributed by atoms with E-state index in [9.17, 15) is 0 Å². The molecule has 2 aromatic heterocycles. The smallest absolute Gasteiger partial charge is 0.128 e. The number of fused-ring (bicyclic) bond motifs is 4. The van der Waals surface area contributed by atoms with Crippen LogP contribution in [0.25, 0.3) is 41.7 Å². The molecule has 0 radical (unpaired) electrons. The van der Waals surface area contributed by atoms with E-state index in [2.05, 4.69) is 133 Å². The highest BCUT2D eigenvalue weighted by atomic mass is 79.9. The average Bonchev–Trinajstić information content (AvgIpc) is 3.52. The Balaban J connectivity index is 1.99. The Morgan fingerprint density at radius 1 is 0.525 bits per heavy atom. The van der Waals surface area contributed by atoms with Crippen molar-refractivity contribution in [2.75, 3.05) is 0 Å². The molecule has 0 saturated heterocycles. The van der Waals surface area contributed by atoms with Gasteiger partial charge in [-0.25, -0.2) is 0 Å². The summed E-state index contributed by atoms with van der Waals surface area (Å²) in [6, 6.07) is 21.2. The minimum Gasteiger partial charge on any atom is -0.128 e. The molecule has 3 aromatic carbocycles. The summed E-state index contributed by atoms with van der Waals surface area (Å²) in [6.45, 7) is 14.0. The molecule has 0 spiro atoms. The van der Waals surface area contributed by atoms with Gasteiger partial charge in [0, 0.05) is 31.3 Å². The van der Waals surface area contributed by atoms with Gasteiger partial charge in [0.1, 0.15) is 16.1 Å². The van der Waals surface area contributed by atoms with Crippen molar-refractivity contribution in [3.8, 4) is 22.9 Å². The Bertz CT molecular complexity index is 1620. The average molecular weight is 725 g/mol. The Kier molecular flexibility index (Phi) is 9.08. The predicted octanol–water partition coefficient (Wildman–Crippen LogP) is 12.7. The van der Waals surface area contributed by atoms with E-state index >= 15 is 0 Å². The summed E-state index contributed by atoms with van der Waals surface area (Å²) in [5.74, 6) is 7.71. The van der Waals surface area contributed by atoms with Gasteiger partial charge in [-0.3, -0.25) is 0 Å². The number of halogens is 2. The van der Waals surface area contributed by atoms with E-state index in [0.29, 0.717) is 0 Å². The van der Waals surface area contributed by atoms with E-state index in [4.69, 9.17) is 0 Å². The summed E-state index contributed by atoms with van der Waals surface area (Å²) in [4.78, 5) is 0. The molecule has 206 valence electrons. The highest BCUT2D eigenvalue weighted by Gasteiger charge is 2.26. The topological polar surface area (TPSA) is 0 Å². The van der Waals surface area contributed by atoms with Crippen LogP contribution in [0.15, 0.2) is 44.0 Å². The maximum atomic E-state index is 3.94. The quantitative estimate of drug-likeness (QED) is 0.0929. The van der Waals surface area contributed by atoms with Crippen LogP contribution in [0.1, 0.15) is 52.7 Å². The van der Waals surface area contributed by atoms with Gasteiger partial charge < -0.3 is 0 Å². The minimum atomic E-state index is -1.64. The highest BCUT2D eigenvalue weighted by molar-refractivity contribution is 9.11. The standard InChI is InChI=1S/C34H36Br2S2Si2/c1-7-39(8-2,9-3)15-13-25-27-17-23-19-33(35)37-31(23)21-29(27)26(14-16-40(10-4,11-5)12-6)30-22-32-24(18-28(25)30)20-34(36)38-32/h17-22H,7-12H2,1-6H3. The highest BCUT2D eigenvalue weighted by Crippen LogP contribution is 2.41. The molecule has 0 nitrogen and oxygen atoms in total. The molecule has 40 heavy (non-hydrogen) atoms. The molecule has 0 aliphatic carbocycles. The second kappa shape index (κ2) is 12.1. The van der Waals surface area contributed by atoms with Crippen molar-refractivity contribution in [1.82, 2.24) is 0 Å². The molecule has 0 atom stereocenters. The molecule has 0 unspecified atom stereocenters. The van der Waals surface area contributed by atoms with Gasteiger partial charge in [-0.15, -0.1) is 33.8 Å². The zero-order chi connectivity index (χ0) is 28.7. The van der Waals surface area contributed by atoms with Gasteiger partial charge >= 0.3 is 0 Å². The molecule has 0 bridgehead atoms. The Labute approximate surface area is 266 Å². The van der Waals surface area contributed by atoms with Crippen molar-refractivity contribution >= 4 is 112 Å². The lowest BCUT2D eigenvalue weighted by atomic mass is 9.91. The summed E-state index contributed by atoms with van der Waals surface area (Å²) < 4.78 is 4.92. The van der Waals surface area contributed by atoms with Crippen LogP contribution >= 0.6 is 54.5 Å². The largest absolute Gasteiger partial charge is 0.138 e. The molecule has 0 aliphatic heterocycles. The van der Waals surface area contributed by atoms with Crippen LogP contribution in [-0.4, -0.2) is 16.1 Å². The second-order valence-electron chi connectivity index (χ2n) is 10.9. The van der Waals surface area contributed by atoms with Gasteiger partial charge in [0.25, 0.3) is 0 Å². The third kappa shape index (κ3) is 5.41. The summed E-state index contributed by atoms with van der Waals surface area (Å²) in [5, 5.41) is 7.55. The van der Waals surface area contributed by atoms with E-state index in [-0.39, 0.29) is 0 Å². The van der Waals surface area contributed by atoms with Crippen LogP contribution in [0.3, 0.4) is 0 Å². The zero-order valence-corrected chi connectivity index (χ0v) is 31.1. The molecule has 0 saturated carbocycles. The number of hydrogen-bond donors (Lipinski definition) is 0. The van der Waals surface area contributed by atoms with Gasteiger partial charge in [0.2, 0.25) is 0 Å². The number of hydrogen-bond acceptors (Lipinski definition) is 2. The Morgan fingerprint density at radius 3 is 1.18 bits per heavy atom. The lowest BCUT2D eigenvalue weighted by molar-refractivity contribution is 1.20. The molecular formula is C34H36Br2S2Si2. The fourth-order valence-corrected chi connectivity index (χ4v) is 13.9. The summed E-state index contributed by atoms with van der Waals surface area (Å²) in [6.07, 6.45) is 0. The van der Waals surface area contributed by atoms with Crippen LogP contribution < -0.4 is 0 Å². The molecule has 6 heteroatoms. The Morgan fingerprint density at radius 2 is 0.850 bits per heavy atom. The molecule has 2 heterocycles. The van der Waals surface area contributed by atoms with E-state index in [0.717, 1.165) is 7.57 Å². The van der Waals surface area contributed by atoms with Gasteiger partial charge in [-0.1, -0.05) is 53.4 Å². The summed E-state index contributed by atoms with van der Waals surface area (Å²) in [7, 11) is -3.27. The zero-order valence-electron chi connectivity index (χ0n) is 24.3. The van der Waals surface area contributed by atoms with E-state index < -0.39 is 16.1 Å². The van der Waals surface area contributed by atoms with Crippen molar-refractivity contribution in [2.45, 2.75) is 77.8 Å². The lowest BCUT2D eigenvalue weighted by Gasteiger charge is -2.21. The van der Waals surface area contributed by atoms with Gasteiger partial charge in [-0.05, 0) is 126 Å². The molecule has 0 N–H and O–H groups in total.